The van der Waals surface area contributed by atoms with Gasteiger partial charge in [-0.3, -0.25) is 4.90 Å². The fourth-order valence-corrected chi connectivity index (χ4v) is 2.52. The summed E-state index contributed by atoms with van der Waals surface area (Å²) in [6.45, 7) is 4.23. The molecule has 1 aliphatic rings. The lowest BCUT2D eigenvalue weighted by Gasteiger charge is -2.34. The number of aliphatic hydroxyl groups is 1. The standard InChI is InChI=1S/C15H20F3N3O2/c1-11-2-3-12(10-13(11)15(16,17)18)19-14(23)21-6-4-20(5-7-21)8-9-22/h2-3,10,22H,4-9H2,1H3,(H,19,23). The molecule has 1 heterocycles. The molecule has 2 N–H and O–H groups in total. The van der Waals surface area contributed by atoms with Crippen molar-refractivity contribution in [3.8, 4) is 0 Å². The number of carbonyl (C=O) groups is 1. The summed E-state index contributed by atoms with van der Waals surface area (Å²) in [6.07, 6.45) is -4.44. The number of nitrogens with zero attached hydrogens (tertiary/aromatic N) is 2. The van der Waals surface area contributed by atoms with Gasteiger partial charge in [0, 0.05) is 38.4 Å². The van der Waals surface area contributed by atoms with Crippen LogP contribution in [0, 0.1) is 6.92 Å². The molecule has 8 heteroatoms. The Balaban J connectivity index is 1.99. The normalized spacial score (nSPS) is 16.5. The molecule has 0 radical (unpaired) electrons. The number of hydrogen-bond acceptors (Lipinski definition) is 3. The van der Waals surface area contributed by atoms with E-state index in [-0.39, 0.29) is 17.9 Å². The van der Waals surface area contributed by atoms with Crippen LogP contribution < -0.4 is 5.32 Å². The zero-order valence-electron chi connectivity index (χ0n) is 12.9. The van der Waals surface area contributed by atoms with Crippen LogP contribution >= 0.6 is 0 Å². The van der Waals surface area contributed by atoms with Gasteiger partial charge < -0.3 is 15.3 Å². The monoisotopic (exact) mass is 331 g/mol. The lowest BCUT2D eigenvalue weighted by Crippen LogP contribution is -2.50. The minimum atomic E-state index is -4.44. The van der Waals surface area contributed by atoms with Gasteiger partial charge in [-0.05, 0) is 24.6 Å². The Kier molecular flexibility index (Phi) is 5.48. The molecule has 0 spiro atoms. The minimum Gasteiger partial charge on any atom is -0.395 e. The number of β-amino-alcohol motifs (C(OH)–C–C–N with tert-alkyl or cyclic N) is 1. The van der Waals surface area contributed by atoms with Gasteiger partial charge in [0.05, 0.1) is 12.2 Å². The SMILES string of the molecule is Cc1ccc(NC(=O)N2CCN(CCO)CC2)cc1C(F)(F)F. The van der Waals surface area contributed by atoms with Crippen molar-refractivity contribution in [2.45, 2.75) is 13.1 Å². The summed E-state index contributed by atoms with van der Waals surface area (Å²) >= 11 is 0. The predicted molar refractivity (Wildman–Crippen MR) is 80.3 cm³/mol. The molecule has 1 aliphatic heterocycles. The van der Waals surface area contributed by atoms with E-state index in [0.29, 0.717) is 32.7 Å². The lowest BCUT2D eigenvalue weighted by molar-refractivity contribution is -0.138. The molecule has 0 aliphatic carbocycles. The quantitative estimate of drug-likeness (QED) is 0.892. The molecule has 1 aromatic rings. The van der Waals surface area contributed by atoms with Gasteiger partial charge in [0.15, 0.2) is 0 Å². The van der Waals surface area contributed by atoms with Gasteiger partial charge in [0.2, 0.25) is 0 Å². The molecule has 23 heavy (non-hydrogen) atoms. The third-order valence-electron chi connectivity index (χ3n) is 3.87. The number of nitrogens with one attached hydrogen (secondary N) is 1. The highest BCUT2D eigenvalue weighted by Gasteiger charge is 2.32. The van der Waals surface area contributed by atoms with E-state index in [2.05, 4.69) is 5.32 Å². The smallest absolute Gasteiger partial charge is 0.395 e. The van der Waals surface area contributed by atoms with Gasteiger partial charge in [0.25, 0.3) is 0 Å². The Hall–Kier alpha value is -1.80. The number of aryl methyl sites for hydroxylation is 1. The summed E-state index contributed by atoms with van der Waals surface area (Å²) in [5, 5.41) is 11.4. The van der Waals surface area contributed by atoms with Crippen molar-refractivity contribution in [1.29, 1.82) is 0 Å². The van der Waals surface area contributed by atoms with Gasteiger partial charge in [0.1, 0.15) is 0 Å². The Morgan fingerprint density at radius 1 is 1.26 bits per heavy atom. The van der Waals surface area contributed by atoms with Crippen molar-refractivity contribution in [3.05, 3.63) is 29.3 Å². The number of anilines is 1. The second-order valence-corrected chi connectivity index (χ2v) is 5.51. The van der Waals surface area contributed by atoms with Gasteiger partial charge in [-0.15, -0.1) is 0 Å². The molecule has 1 fully saturated rings. The van der Waals surface area contributed by atoms with E-state index < -0.39 is 17.8 Å². The van der Waals surface area contributed by atoms with Crippen molar-refractivity contribution >= 4 is 11.7 Å². The highest BCUT2D eigenvalue weighted by Crippen LogP contribution is 2.33. The Bertz CT molecular complexity index is 555. The Labute approximate surface area is 132 Å². The number of hydrogen-bond donors (Lipinski definition) is 2. The summed E-state index contributed by atoms with van der Waals surface area (Å²) in [6, 6.07) is 3.35. The first-order valence-electron chi connectivity index (χ1n) is 7.38. The first kappa shape index (κ1) is 17.6. The van der Waals surface area contributed by atoms with E-state index in [0.717, 1.165) is 6.07 Å². The molecule has 2 amide bonds. The molecular formula is C15H20F3N3O2. The number of halogens is 3. The van der Waals surface area contributed by atoms with Gasteiger partial charge in [-0.25, -0.2) is 4.79 Å². The van der Waals surface area contributed by atoms with Gasteiger partial charge in [-0.2, -0.15) is 13.2 Å². The van der Waals surface area contributed by atoms with Crippen LogP contribution in [0.4, 0.5) is 23.7 Å². The predicted octanol–water partition coefficient (Wildman–Crippen LogP) is 2.16. The zero-order chi connectivity index (χ0) is 17.0. The van der Waals surface area contributed by atoms with Crippen molar-refractivity contribution in [2.24, 2.45) is 0 Å². The number of alkyl halides is 3. The number of benzene rings is 1. The topological polar surface area (TPSA) is 55.8 Å². The molecule has 0 aromatic heterocycles. The summed E-state index contributed by atoms with van der Waals surface area (Å²) in [5.74, 6) is 0. The van der Waals surface area contributed by atoms with Crippen LogP contribution in [0.2, 0.25) is 0 Å². The summed E-state index contributed by atoms with van der Waals surface area (Å²) in [7, 11) is 0. The maximum atomic E-state index is 12.9. The molecule has 0 saturated carbocycles. The molecule has 1 aromatic carbocycles. The fourth-order valence-electron chi connectivity index (χ4n) is 2.52. The van der Waals surface area contributed by atoms with E-state index in [4.69, 9.17) is 5.11 Å². The van der Waals surface area contributed by atoms with E-state index in [9.17, 15) is 18.0 Å². The van der Waals surface area contributed by atoms with Crippen LogP contribution in [0.1, 0.15) is 11.1 Å². The second-order valence-electron chi connectivity index (χ2n) is 5.51. The van der Waals surface area contributed by atoms with E-state index >= 15 is 0 Å². The van der Waals surface area contributed by atoms with Crippen LogP contribution in [0.3, 0.4) is 0 Å². The van der Waals surface area contributed by atoms with Crippen molar-refractivity contribution < 1.29 is 23.1 Å². The maximum Gasteiger partial charge on any atom is 0.416 e. The second kappa shape index (κ2) is 7.18. The first-order chi connectivity index (χ1) is 10.8. The van der Waals surface area contributed by atoms with Crippen molar-refractivity contribution in [2.75, 3.05) is 44.6 Å². The highest BCUT2D eigenvalue weighted by atomic mass is 19.4. The fraction of sp³-hybridized carbons (Fsp3) is 0.533. The molecule has 128 valence electrons. The summed E-state index contributed by atoms with van der Waals surface area (Å²) in [4.78, 5) is 15.7. The molecule has 0 bridgehead atoms. The van der Waals surface area contributed by atoms with Crippen LogP contribution in [-0.2, 0) is 6.18 Å². The molecule has 1 saturated heterocycles. The Morgan fingerprint density at radius 3 is 2.48 bits per heavy atom. The third-order valence-corrected chi connectivity index (χ3v) is 3.87. The largest absolute Gasteiger partial charge is 0.416 e. The zero-order valence-corrected chi connectivity index (χ0v) is 12.9. The van der Waals surface area contributed by atoms with Crippen molar-refractivity contribution in [1.82, 2.24) is 9.80 Å². The number of piperazine rings is 1. The first-order valence-corrected chi connectivity index (χ1v) is 7.38. The Morgan fingerprint density at radius 2 is 1.91 bits per heavy atom. The van der Waals surface area contributed by atoms with E-state index in [1.54, 1.807) is 4.90 Å². The molecule has 0 atom stereocenters. The van der Waals surface area contributed by atoms with E-state index in [1.165, 1.54) is 19.1 Å². The van der Waals surface area contributed by atoms with E-state index in [1.807, 2.05) is 4.90 Å². The average molecular weight is 331 g/mol. The van der Waals surface area contributed by atoms with Crippen LogP contribution in [-0.4, -0.2) is 60.3 Å². The number of rotatable bonds is 3. The summed E-state index contributed by atoms with van der Waals surface area (Å²) in [5.41, 5.74) is -0.498. The highest BCUT2D eigenvalue weighted by molar-refractivity contribution is 5.89. The lowest BCUT2D eigenvalue weighted by atomic mass is 10.1. The maximum absolute atomic E-state index is 12.9. The number of urea groups is 1. The average Bonchev–Trinajstić information content (AvgIpc) is 2.49. The third kappa shape index (κ3) is 4.59. The molecular weight excluding hydrogens is 311 g/mol. The van der Waals surface area contributed by atoms with Gasteiger partial charge in [-0.1, -0.05) is 6.07 Å². The molecule has 0 unspecified atom stereocenters. The van der Waals surface area contributed by atoms with Crippen LogP contribution in [0.5, 0.6) is 0 Å². The minimum absolute atomic E-state index is 0.0653. The number of carbonyl (C=O) groups excluding carboxylic acids is 1. The van der Waals surface area contributed by atoms with Crippen LogP contribution in [0.25, 0.3) is 0 Å². The van der Waals surface area contributed by atoms with Crippen LogP contribution in [0.15, 0.2) is 18.2 Å². The van der Waals surface area contributed by atoms with Gasteiger partial charge >= 0.3 is 12.2 Å². The molecule has 2 rings (SSSR count). The molecule has 5 nitrogen and oxygen atoms in total. The number of amides is 2. The summed E-state index contributed by atoms with van der Waals surface area (Å²) < 4.78 is 38.7. The number of aliphatic hydroxyl groups excluding tert-OH is 1. The van der Waals surface area contributed by atoms with Crippen molar-refractivity contribution in [3.63, 3.8) is 0 Å².